The first-order valence-corrected chi connectivity index (χ1v) is 6.05. The molecule has 3 nitrogen and oxygen atoms in total. The molecule has 0 saturated heterocycles. The number of esters is 1. The van der Waals surface area contributed by atoms with Crippen molar-refractivity contribution in [1.29, 1.82) is 0 Å². The predicted molar refractivity (Wildman–Crippen MR) is 71.6 cm³/mol. The summed E-state index contributed by atoms with van der Waals surface area (Å²) in [6, 6.07) is 5.51. The molecule has 0 spiro atoms. The van der Waals surface area contributed by atoms with Crippen molar-refractivity contribution < 1.29 is 14.6 Å². The Labute approximate surface area is 108 Å². The maximum Gasteiger partial charge on any atom is 0.333 e. The fraction of sp³-hybridized carbons (Fsp3) is 0.400. The van der Waals surface area contributed by atoms with Crippen LogP contribution in [0.3, 0.4) is 0 Å². The normalized spacial score (nSPS) is 13.2. The highest BCUT2D eigenvalue weighted by Crippen LogP contribution is 2.26. The molecule has 1 aromatic carbocycles. The van der Waals surface area contributed by atoms with Gasteiger partial charge in [-0.25, -0.2) is 4.79 Å². The van der Waals surface area contributed by atoms with Crippen LogP contribution in [-0.4, -0.2) is 17.7 Å². The lowest BCUT2D eigenvalue weighted by atomic mass is 9.99. The average molecular weight is 248 g/mol. The molecule has 0 aromatic heterocycles. The molecule has 0 saturated carbocycles. The van der Waals surface area contributed by atoms with Crippen molar-refractivity contribution in [3.05, 3.63) is 41.0 Å². The molecule has 0 amide bonds. The number of allylic oxidation sites excluding steroid dienone is 1. The third-order valence-corrected chi connectivity index (χ3v) is 2.94. The van der Waals surface area contributed by atoms with Gasteiger partial charge in [0.25, 0.3) is 0 Å². The molecular formula is C15H20O3. The molecule has 1 N–H and O–H groups in total. The highest BCUT2D eigenvalue weighted by molar-refractivity contribution is 5.87. The second-order valence-electron chi connectivity index (χ2n) is 4.53. The summed E-state index contributed by atoms with van der Waals surface area (Å²) >= 11 is 0. The monoisotopic (exact) mass is 248 g/mol. The number of phenols is 1. The first-order valence-electron chi connectivity index (χ1n) is 6.05. The molecule has 0 aliphatic rings. The summed E-state index contributed by atoms with van der Waals surface area (Å²) < 4.78 is 5.18. The lowest BCUT2D eigenvalue weighted by Gasteiger charge is -2.14. The summed E-state index contributed by atoms with van der Waals surface area (Å²) in [6.45, 7) is 7.62. The molecule has 3 heteroatoms. The zero-order valence-corrected chi connectivity index (χ0v) is 11.4. The van der Waals surface area contributed by atoms with E-state index >= 15 is 0 Å². The van der Waals surface area contributed by atoms with Gasteiger partial charge in [0.1, 0.15) is 5.75 Å². The van der Waals surface area contributed by atoms with Gasteiger partial charge in [0.2, 0.25) is 0 Å². The number of ether oxygens (including phenoxy) is 1. The van der Waals surface area contributed by atoms with Gasteiger partial charge in [0.15, 0.2) is 0 Å². The van der Waals surface area contributed by atoms with Gasteiger partial charge in [-0.3, -0.25) is 0 Å². The van der Waals surface area contributed by atoms with Crippen molar-refractivity contribution >= 4 is 5.97 Å². The van der Waals surface area contributed by atoms with E-state index in [0.717, 1.165) is 11.1 Å². The van der Waals surface area contributed by atoms with Crippen LogP contribution in [0.4, 0.5) is 0 Å². The van der Waals surface area contributed by atoms with Gasteiger partial charge in [-0.1, -0.05) is 25.1 Å². The summed E-state index contributed by atoms with van der Waals surface area (Å²) in [5, 5.41) is 9.83. The van der Waals surface area contributed by atoms with E-state index in [1.54, 1.807) is 26.0 Å². The first kappa shape index (κ1) is 14.3. The molecule has 0 unspecified atom stereocenters. The number of carbonyl (C=O) groups excluding carboxylic acids is 1. The number of hydrogen-bond donors (Lipinski definition) is 1. The number of hydrogen-bond acceptors (Lipinski definition) is 3. The Morgan fingerprint density at radius 3 is 2.72 bits per heavy atom. The van der Waals surface area contributed by atoms with Crippen LogP contribution in [0.1, 0.15) is 37.8 Å². The van der Waals surface area contributed by atoms with Gasteiger partial charge in [0, 0.05) is 17.1 Å². The molecule has 18 heavy (non-hydrogen) atoms. The van der Waals surface area contributed by atoms with Crippen LogP contribution >= 0.6 is 0 Å². The van der Waals surface area contributed by atoms with Crippen molar-refractivity contribution in [1.82, 2.24) is 0 Å². The second kappa shape index (κ2) is 6.24. The molecule has 1 atom stereocenters. The van der Waals surface area contributed by atoms with E-state index in [1.165, 1.54) is 0 Å². The first-order chi connectivity index (χ1) is 8.45. The third kappa shape index (κ3) is 3.62. The molecule has 0 aliphatic carbocycles. The maximum atomic E-state index is 11.5. The van der Waals surface area contributed by atoms with Crippen LogP contribution in [0, 0.1) is 6.92 Å². The highest BCUT2D eigenvalue weighted by atomic mass is 16.5. The Balaban J connectivity index is 2.66. The fourth-order valence-electron chi connectivity index (χ4n) is 1.59. The molecule has 0 heterocycles. The molecule has 0 aliphatic heterocycles. The molecule has 1 aromatic rings. The standard InChI is InChI=1S/C15H20O3/c1-5-11(3)15(17)18-9-12(4)13-7-6-10(2)8-14(13)16/h5-8,12,16H,9H2,1-4H3/t12-/m1/s1. The van der Waals surface area contributed by atoms with Gasteiger partial charge < -0.3 is 9.84 Å². The maximum absolute atomic E-state index is 11.5. The van der Waals surface area contributed by atoms with Crippen LogP contribution in [-0.2, 0) is 9.53 Å². The summed E-state index contributed by atoms with van der Waals surface area (Å²) in [7, 11) is 0. The smallest absolute Gasteiger partial charge is 0.333 e. The minimum absolute atomic E-state index is 0.0285. The predicted octanol–water partition coefficient (Wildman–Crippen LogP) is 3.31. The lowest BCUT2D eigenvalue weighted by Crippen LogP contribution is -2.11. The Morgan fingerprint density at radius 1 is 1.50 bits per heavy atom. The van der Waals surface area contributed by atoms with Crippen molar-refractivity contribution in [3.63, 3.8) is 0 Å². The van der Waals surface area contributed by atoms with Gasteiger partial charge in [0.05, 0.1) is 6.61 Å². The third-order valence-electron chi connectivity index (χ3n) is 2.94. The Kier molecular flexibility index (Phi) is 4.95. The quantitative estimate of drug-likeness (QED) is 0.656. The number of benzene rings is 1. The number of phenolic OH excluding ortho intramolecular Hbond substituents is 1. The summed E-state index contributed by atoms with van der Waals surface area (Å²) in [4.78, 5) is 11.5. The van der Waals surface area contributed by atoms with E-state index in [-0.39, 0.29) is 24.2 Å². The lowest BCUT2D eigenvalue weighted by molar-refractivity contribution is -0.139. The van der Waals surface area contributed by atoms with Crippen LogP contribution in [0.25, 0.3) is 0 Å². The van der Waals surface area contributed by atoms with E-state index in [4.69, 9.17) is 4.74 Å². The van der Waals surface area contributed by atoms with Gasteiger partial charge in [-0.15, -0.1) is 0 Å². The summed E-state index contributed by atoms with van der Waals surface area (Å²) in [6.07, 6.45) is 1.72. The fourth-order valence-corrected chi connectivity index (χ4v) is 1.59. The van der Waals surface area contributed by atoms with Crippen molar-refractivity contribution in [2.24, 2.45) is 0 Å². The van der Waals surface area contributed by atoms with Crippen molar-refractivity contribution in [2.75, 3.05) is 6.61 Å². The zero-order valence-electron chi connectivity index (χ0n) is 11.4. The van der Waals surface area contributed by atoms with Gasteiger partial charge in [-0.2, -0.15) is 0 Å². The van der Waals surface area contributed by atoms with Crippen LogP contribution in [0.5, 0.6) is 5.75 Å². The highest BCUT2D eigenvalue weighted by Gasteiger charge is 2.13. The summed E-state index contributed by atoms with van der Waals surface area (Å²) in [5.41, 5.74) is 2.40. The number of aromatic hydroxyl groups is 1. The van der Waals surface area contributed by atoms with Crippen LogP contribution < -0.4 is 0 Å². The van der Waals surface area contributed by atoms with Crippen LogP contribution in [0.2, 0.25) is 0 Å². The van der Waals surface area contributed by atoms with Gasteiger partial charge in [-0.05, 0) is 32.4 Å². The van der Waals surface area contributed by atoms with Crippen molar-refractivity contribution in [3.8, 4) is 5.75 Å². The van der Waals surface area contributed by atoms with Crippen LogP contribution in [0.15, 0.2) is 29.8 Å². The Morgan fingerprint density at radius 2 is 2.17 bits per heavy atom. The van der Waals surface area contributed by atoms with E-state index in [9.17, 15) is 9.90 Å². The van der Waals surface area contributed by atoms with E-state index in [2.05, 4.69) is 0 Å². The zero-order chi connectivity index (χ0) is 13.7. The summed E-state index contributed by atoms with van der Waals surface area (Å²) in [5.74, 6) is -0.0866. The average Bonchev–Trinajstić information content (AvgIpc) is 2.34. The topological polar surface area (TPSA) is 46.5 Å². The molecule has 1 rings (SSSR count). The Bertz CT molecular complexity index is 461. The molecule has 0 bridgehead atoms. The van der Waals surface area contributed by atoms with Crippen molar-refractivity contribution in [2.45, 2.75) is 33.6 Å². The molecule has 98 valence electrons. The number of aryl methyl sites for hydroxylation is 1. The number of carbonyl (C=O) groups is 1. The van der Waals surface area contributed by atoms with E-state index < -0.39 is 0 Å². The Hall–Kier alpha value is -1.77. The van der Waals surface area contributed by atoms with E-state index in [0.29, 0.717) is 5.57 Å². The minimum atomic E-state index is -0.309. The largest absolute Gasteiger partial charge is 0.508 e. The molecular weight excluding hydrogens is 228 g/mol. The molecule has 0 fully saturated rings. The van der Waals surface area contributed by atoms with Gasteiger partial charge >= 0.3 is 5.97 Å². The number of rotatable bonds is 4. The second-order valence-corrected chi connectivity index (χ2v) is 4.53. The minimum Gasteiger partial charge on any atom is -0.508 e. The van der Waals surface area contributed by atoms with E-state index in [1.807, 2.05) is 26.0 Å². The SMILES string of the molecule is CC=C(C)C(=O)OC[C@@H](C)c1ccc(C)cc1O. The molecule has 0 radical (unpaired) electrons.